The summed E-state index contributed by atoms with van der Waals surface area (Å²) < 4.78 is 4.71. The maximum Gasteiger partial charge on any atom is 0.506 e. The van der Waals surface area contributed by atoms with E-state index < -0.39 is 22.9 Å². The normalized spacial score (nSPS) is 11.2. The van der Waals surface area contributed by atoms with Crippen LogP contribution >= 0.6 is 15.9 Å². The van der Waals surface area contributed by atoms with Crippen LogP contribution in [0.2, 0.25) is 0 Å². The second kappa shape index (κ2) is 5.97. The van der Waals surface area contributed by atoms with E-state index in [-0.39, 0.29) is 15.6 Å². The van der Waals surface area contributed by atoms with Gasteiger partial charge in [0.15, 0.2) is 6.10 Å². The van der Waals surface area contributed by atoms with Crippen molar-refractivity contribution in [3.8, 4) is 6.07 Å². The van der Waals surface area contributed by atoms with Gasteiger partial charge in [-0.2, -0.15) is 5.26 Å². The molecule has 0 aromatic heterocycles. The molecule has 0 fully saturated rings. The Morgan fingerprint density at radius 2 is 2.32 bits per heavy atom. The van der Waals surface area contributed by atoms with E-state index >= 15 is 0 Å². The van der Waals surface area contributed by atoms with Crippen LogP contribution in [-0.2, 0) is 4.74 Å². The van der Waals surface area contributed by atoms with E-state index in [1.54, 1.807) is 6.07 Å². The van der Waals surface area contributed by atoms with Gasteiger partial charge in [0.1, 0.15) is 0 Å². The molecule has 0 spiro atoms. The van der Waals surface area contributed by atoms with E-state index in [1.165, 1.54) is 6.07 Å². The number of nitriles is 1. The van der Waals surface area contributed by atoms with Gasteiger partial charge in [-0.3, -0.25) is 10.1 Å². The fourth-order valence-electron chi connectivity index (χ4n) is 1.43. The van der Waals surface area contributed by atoms with Gasteiger partial charge in [0.05, 0.1) is 22.1 Å². The third kappa shape index (κ3) is 3.29. The maximum atomic E-state index is 11.0. The highest BCUT2D eigenvalue weighted by atomic mass is 79.9. The number of benzene rings is 1. The van der Waals surface area contributed by atoms with Crippen molar-refractivity contribution in [1.29, 1.82) is 5.26 Å². The summed E-state index contributed by atoms with van der Waals surface area (Å²) in [7, 11) is 0. The summed E-state index contributed by atoms with van der Waals surface area (Å²) in [6, 6.07) is 4.15. The molecule has 0 aliphatic carbocycles. The number of hydrogen-bond acceptors (Lipinski definition) is 5. The van der Waals surface area contributed by atoms with E-state index in [0.717, 1.165) is 12.1 Å². The number of carboxylic acid groups (broad SMARTS) is 1. The average molecular weight is 327 g/mol. The maximum absolute atomic E-state index is 11.0. The van der Waals surface area contributed by atoms with Crippen LogP contribution in [0.3, 0.4) is 0 Å². The Hall–Kier alpha value is -2.40. The third-order valence-electron chi connectivity index (χ3n) is 2.16. The molecule has 0 saturated heterocycles. The van der Waals surface area contributed by atoms with Crippen LogP contribution in [0.15, 0.2) is 29.3 Å². The number of nitro groups is 1. The highest BCUT2D eigenvalue weighted by Gasteiger charge is 2.27. The van der Waals surface area contributed by atoms with E-state index in [1.807, 2.05) is 0 Å². The van der Waals surface area contributed by atoms with E-state index in [9.17, 15) is 14.9 Å². The molecule has 8 heteroatoms. The van der Waals surface area contributed by atoms with Gasteiger partial charge in [-0.15, -0.1) is 0 Å². The van der Waals surface area contributed by atoms with Crippen LogP contribution in [0.5, 0.6) is 0 Å². The number of hydrogen-bond donors (Lipinski definition) is 1. The van der Waals surface area contributed by atoms with E-state index in [2.05, 4.69) is 27.2 Å². The van der Waals surface area contributed by atoms with Crippen LogP contribution < -0.4 is 0 Å². The lowest BCUT2D eigenvalue weighted by molar-refractivity contribution is -0.386. The first-order valence-electron chi connectivity index (χ1n) is 4.80. The topological polar surface area (TPSA) is 113 Å². The first kappa shape index (κ1) is 14.7. The Bertz CT molecular complexity index is 593. The minimum absolute atomic E-state index is 0.0126. The molecule has 0 aliphatic rings. The van der Waals surface area contributed by atoms with Crippen molar-refractivity contribution < 1.29 is 19.6 Å². The van der Waals surface area contributed by atoms with Gasteiger partial charge in [-0.05, 0) is 12.1 Å². The molecule has 1 unspecified atom stereocenters. The van der Waals surface area contributed by atoms with Crippen molar-refractivity contribution >= 4 is 27.8 Å². The van der Waals surface area contributed by atoms with Gasteiger partial charge < -0.3 is 9.84 Å². The van der Waals surface area contributed by atoms with E-state index in [0.29, 0.717) is 0 Å². The summed E-state index contributed by atoms with van der Waals surface area (Å²) >= 11 is 3.06. The molecule has 7 nitrogen and oxygen atoms in total. The number of halogens is 1. The monoisotopic (exact) mass is 326 g/mol. The van der Waals surface area contributed by atoms with Crippen LogP contribution in [0.4, 0.5) is 10.5 Å². The summed E-state index contributed by atoms with van der Waals surface area (Å²) in [5.41, 5.74) is -0.362. The number of carbonyl (C=O) groups is 1. The summed E-state index contributed by atoms with van der Waals surface area (Å²) in [6.07, 6.45) is -1.68. The lowest BCUT2D eigenvalue weighted by Gasteiger charge is -2.14. The number of rotatable bonds is 4. The third-order valence-corrected chi connectivity index (χ3v) is 2.82. The van der Waals surface area contributed by atoms with E-state index in [4.69, 9.17) is 10.4 Å². The Morgan fingerprint density at radius 1 is 1.68 bits per heavy atom. The lowest BCUT2D eigenvalue weighted by atomic mass is 10.0. The predicted molar refractivity (Wildman–Crippen MR) is 67.6 cm³/mol. The fourth-order valence-corrected chi connectivity index (χ4v) is 2.11. The van der Waals surface area contributed by atoms with Gasteiger partial charge >= 0.3 is 6.16 Å². The molecule has 19 heavy (non-hydrogen) atoms. The molecular formula is C11H7BrN2O5. The van der Waals surface area contributed by atoms with Crippen molar-refractivity contribution in [2.45, 2.75) is 6.10 Å². The number of ether oxygens (including phenoxy) is 1. The SMILES string of the molecule is C=CC(OC(=O)O)c1c(Br)cc(C#N)cc1[N+](=O)[O-]. The van der Waals surface area contributed by atoms with Crippen molar-refractivity contribution in [2.75, 3.05) is 0 Å². The first-order valence-corrected chi connectivity index (χ1v) is 5.60. The smallest absolute Gasteiger partial charge is 0.450 e. The van der Waals surface area contributed by atoms with Crippen LogP contribution in [0.25, 0.3) is 0 Å². The van der Waals surface area contributed by atoms with Crippen molar-refractivity contribution in [2.24, 2.45) is 0 Å². The fraction of sp³-hybridized carbons (Fsp3) is 0.0909. The largest absolute Gasteiger partial charge is 0.506 e. The highest BCUT2D eigenvalue weighted by Crippen LogP contribution is 2.36. The van der Waals surface area contributed by atoms with Crippen molar-refractivity contribution in [3.63, 3.8) is 0 Å². The number of nitro benzene ring substituents is 1. The van der Waals surface area contributed by atoms with Crippen molar-refractivity contribution in [3.05, 3.63) is 50.5 Å². The molecule has 1 atom stereocenters. The molecule has 0 heterocycles. The second-order valence-electron chi connectivity index (χ2n) is 3.30. The van der Waals surface area contributed by atoms with Gasteiger partial charge in [0.2, 0.25) is 0 Å². The predicted octanol–water partition coefficient (Wildman–Crippen LogP) is 3.15. The Morgan fingerprint density at radius 3 is 2.74 bits per heavy atom. The summed E-state index contributed by atoms with van der Waals surface area (Å²) in [6.45, 7) is 3.38. The highest BCUT2D eigenvalue weighted by molar-refractivity contribution is 9.10. The molecule has 0 aliphatic heterocycles. The van der Waals surface area contributed by atoms with Gasteiger partial charge in [0.25, 0.3) is 5.69 Å². The molecule has 1 N–H and O–H groups in total. The number of nitrogens with zero attached hydrogens (tertiary/aromatic N) is 2. The second-order valence-corrected chi connectivity index (χ2v) is 4.15. The minimum Gasteiger partial charge on any atom is -0.450 e. The minimum atomic E-state index is -1.59. The van der Waals surface area contributed by atoms with Crippen LogP contribution in [0, 0.1) is 21.4 Å². The molecule has 1 rings (SSSR count). The van der Waals surface area contributed by atoms with Gasteiger partial charge in [-0.25, -0.2) is 4.79 Å². The zero-order valence-corrected chi connectivity index (χ0v) is 11.0. The van der Waals surface area contributed by atoms with Crippen LogP contribution in [0.1, 0.15) is 17.2 Å². The average Bonchev–Trinajstić information content (AvgIpc) is 2.34. The van der Waals surface area contributed by atoms with Crippen LogP contribution in [-0.4, -0.2) is 16.2 Å². The Kier molecular flexibility index (Phi) is 4.61. The standard InChI is InChI=1S/C11H7BrN2O5/c1-2-9(19-11(15)16)10-7(12)3-6(5-13)4-8(10)14(17)18/h2-4,9H,1H2,(H,15,16). The van der Waals surface area contributed by atoms with Gasteiger partial charge in [0, 0.05) is 10.5 Å². The zero-order valence-electron chi connectivity index (χ0n) is 9.37. The molecule has 0 radical (unpaired) electrons. The first-order chi connectivity index (χ1) is 8.90. The molecule has 0 bridgehead atoms. The Labute approximate surface area is 116 Å². The summed E-state index contributed by atoms with van der Waals surface area (Å²) in [5.74, 6) is 0. The summed E-state index contributed by atoms with van der Waals surface area (Å²) in [5, 5.41) is 28.3. The summed E-state index contributed by atoms with van der Waals surface area (Å²) in [4.78, 5) is 20.8. The Balaban J connectivity index is 3.48. The zero-order chi connectivity index (χ0) is 14.6. The molecule has 0 saturated carbocycles. The molecule has 1 aromatic carbocycles. The van der Waals surface area contributed by atoms with Crippen molar-refractivity contribution in [1.82, 2.24) is 0 Å². The molecule has 0 amide bonds. The molecule has 98 valence electrons. The van der Waals surface area contributed by atoms with Gasteiger partial charge in [-0.1, -0.05) is 22.5 Å². The molecule has 1 aromatic rings. The quantitative estimate of drug-likeness (QED) is 0.393. The molecular weight excluding hydrogens is 320 g/mol. The lowest BCUT2D eigenvalue weighted by Crippen LogP contribution is -2.10.